The van der Waals surface area contributed by atoms with Crippen molar-refractivity contribution >= 4 is 28.6 Å². The van der Waals surface area contributed by atoms with Crippen LogP contribution >= 0.6 is 7.92 Å². The van der Waals surface area contributed by atoms with Gasteiger partial charge < -0.3 is 0 Å². The Hall–Kier alpha value is -1.22. The van der Waals surface area contributed by atoms with E-state index in [4.69, 9.17) is 0 Å². The summed E-state index contributed by atoms with van der Waals surface area (Å²) in [7, 11) is -5.21. The van der Waals surface area contributed by atoms with Crippen molar-refractivity contribution < 1.29 is 13.0 Å². The Balaban J connectivity index is 2.52. The summed E-state index contributed by atoms with van der Waals surface area (Å²) < 4.78 is 32.3. The predicted octanol–water partition coefficient (Wildman–Crippen LogP) is 2.35. The summed E-state index contributed by atoms with van der Waals surface area (Å²) in [5.74, 6) is 0. The molecule has 0 bridgehead atoms. The second-order valence-corrected chi connectivity index (χ2v) is 8.79. The molecule has 0 aliphatic heterocycles. The third-order valence-electron chi connectivity index (χ3n) is 2.86. The fourth-order valence-electron chi connectivity index (χ4n) is 1.88. The summed E-state index contributed by atoms with van der Waals surface area (Å²) in [5.41, 5.74) is 0. The molecule has 0 aliphatic carbocycles. The molecule has 2 aromatic carbocycles. The number of benzene rings is 2. The molecule has 0 radical (unpaired) electrons. The number of hydrogen-bond donors (Lipinski definition) is 1. The molecule has 0 aliphatic rings. The second kappa shape index (κ2) is 5.83. The van der Waals surface area contributed by atoms with E-state index >= 15 is 0 Å². The predicted molar refractivity (Wildman–Crippen MR) is 80.1 cm³/mol. The zero-order chi connectivity index (χ0) is 13.9. The van der Waals surface area contributed by atoms with Gasteiger partial charge in [-0.3, -0.25) is 4.55 Å². The van der Waals surface area contributed by atoms with E-state index in [0.29, 0.717) is 0 Å². The Labute approximate surface area is 114 Å². The van der Waals surface area contributed by atoms with Gasteiger partial charge in [0.05, 0.1) is 0 Å². The van der Waals surface area contributed by atoms with Crippen LogP contribution in [0.5, 0.6) is 0 Å². The van der Waals surface area contributed by atoms with Gasteiger partial charge in [0.1, 0.15) is 4.99 Å². The Morgan fingerprint density at radius 3 is 1.58 bits per heavy atom. The molecule has 100 valence electrons. The van der Waals surface area contributed by atoms with Crippen LogP contribution in [-0.2, 0) is 10.1 Å². The zero-order valence-corrected chi connectivity index (χ0v) is 12.2. The Morgan fingerprint density at radius 1 is 0.895 bits per heavy atom. The number of hydrogen-bond acceptors (Lipinski definition) is 2. The summed E-state index contributed by atoms with van der Waals surface area (Å²) in [6, 6.07) is 18.9. The van der Waals surface area contributed by atoms with Crippen molar-refractivity contribution in [3.05, 3.63) is 60.7 Å². The van der Waals surface area contributed by atoms with Crippen molar-refractivity contribution in [3.63, 3.8) is 0 Å². The summed E-state index contributed by atoms with van der Waals surface area (Å²) in [5, 5.41) is 1.88. The highest BCUT2D eigenvalue weighted by molar-refractivity contribution is 7.97. The first-order valence-electron chi connectivity index (χ1n) is 5.86. The van der Waals surface area contributed by atoms with Crippen LogP contribution in [-0.4, -0.2) is 18.0 Å². The van der Waals surface area contributed by atoms with Crippen LogP contribution in [0.1, 0.15) is 6.92 Å². The lowest BCUT2D eigenvalue weighted by molar-refractivity contribution is 0.481. The highest BCUT2D eigenvalue weighted by atomic mass is 32.2. The molecular formula is C14H15O3PS. The molecule has 0 saturated carbocycles. The second-order valence-electron chi connectivity index (χ2n) is 4.16. The lowest BCUT2D eigenvalue weighted by atomic mass is 10.4. The molecule has 1 unspecified atom stereocenters. The zero-order valence-electron chi connectivity index (χ0n) is 10.5. The molecule has 1 N–H and O–H groups in total. The minimum absolute atomic E-state index is 0.827. The lowest BCUT2D eigenvalue weighted by Crippen LogP contribution is -2.25. The van der Waals surface area contributed by atoms with Crippen molar-refractivity contribution in [2.75, 3.05) is 0 Å². The quantitative estimate of drug-likeness (QED) is 0.695. The van der Waals surface area contributed by atoms with E-state index in [1.807, 2.05) is 60.7 Å². The van der Waals surface area contributed by atoms with E-state index in [0.717, 1.165) is 10.6 Å². The molecule has 2 aromatic rings. The molecule has 0 saturated heterocycles. The Morgan fingerprint density at radius 2 is 1.26 bits per heavy atom. The third-order valence-corrected chi connectivity index (χ3v) is 7.59. The highest BCUT2D eigenvalue weighted by Gasteiger charge is 2.29. The van der Waals surface area contributed by atoms with Crippen molar-refractivity contribution in [2.24, 2.45) is 0 Å². The summed E-state index contributed by atoms with van der Waals surface area (Å²) in [6.07, 6.45) is 0. The van der Waals surface area contributed by atoms with Gasteiger partial charge in [0.2, 0.25) is 0 Å². The van der Waals surface area contributed by atoms with Gasteiger partial charge in [0, 0.05) is 0 Å². The fraction of sp³-hybridized carbons (Fsp3) is 0.143. The molecule has 2 rings (SSSR count). The lowest BCUT2D eigenvalue weighted by Gasteiger charge is -2.23. The SMILES string of the molecule is CC(P(c1ccccc1)c1ccccc1)S(=O)(=O)O. The van der Waals surface area contributed by atoms with Gasteiger partial charge in [-0.15, -0.1) is 0 Å². The first-order valence-corrected chi connectivity index (χ1v) is 8.77. The Kier molecular flexibility index (Phi) is 4.35. The highest BCUT2D eigenvalue weighted by Crippen LogP contribution is 2.41. The van der Waals surface area contributed by atoms with Gasteiger partial charge in [-0.1, -0.05) is 60.7 Å². The smallest absolute Gasteiger partial charge is 0.272 e. The number of rotatable bonds is 4. The fourth-order valence-corrected chi connectivity index (χ4v) is 5.80. The average molecular weight is 294 g/mol. The van der Waals surface area contributed by atoms with E-state index in [1.165, 1.54) is 0 Å². The van der Waals surface area contributed by atoms with E-state index in [9.17, 15) is 13.0 Å². The molecule has 19 heavy (non-hydrogen) atoms. The van der Waals surface area contributed by atoms with Crippen LogP contribution in [0.25, 0.3) is 0 Å². The molecule has 1 atom stereocenters. The van der Waals surface area contributed by atoms with Crippen molar-refractivity contribution in [1.29, 1.82) is 0 Å². The topological polar surface area (TPSA) is 54.4 Å². The van der Waals surface area contributed by atoms with Gasteiger partial charge in [-0.2, -0.15) is 8.42 Å². The maximum Gasteiger partial charge on any atom is 0.272 e. The molecule has 0 aromatic heterocycles. The molecule has 3 nitrogen and oxygen atoms in total. The first-order chi connectivity index (χ1) is 9.00. The first kappa shape index (κ1) is 14.2. The summed E-state index contributed by atoms with van der Waals surface area (Å²) in [6.45, 7) is 1.56. The standard InChI is InChI=1S/C14H15O3PS/c1-12(19(15,16)17)18(13-8-4-2-5-9-13)14-10-6-3-7-11-14/h2-12H,1H3,(H,15,16,17). The van der Waals surface area contributed by atoms with Crippen LogP contribution in [0, 0.1) is 0 Å². The largest absolute Gasteiger partial charge is 0.285 e. The maximum atomic E-state index is 11.5. The molecule has 0 heterocycles. The van der Waals surface area contributed by atoms with Crippen molar-refractivity contribution in [3.8, 4) is 0 Å². The third kappa shape index (κ3) is 3.41. The van der Waals surface area contributed by atoms with Gasteiger partial charge >= 0.3 is 0 Å². The molecule has 0 spiro atoms. The van der Waals surface area contributed by atoms with Gasteiger partial charge in [0.15, 0.2) is 0 Å². The van der Waals surface area contributed by atoms with E-state index in [1.54, 1.807) is 6.92 Å². The van der Waals surface area contributed by atoms with Crippen LogP contribution in [0.2, 0.25) is 0 Å². The van der Waals surface area contributed by atoms with Crippen LogP contribution in [0.3, 0.4) is 0 Å². The van der Waals surface area contributed by atoms with Gasteiger partial charge in [-0.25, -0.2) is 0 Å². The van der Waals surface area contributed by atoms with E-state index in [-0.39, 0.29) is 0 Å². The molecule has 0 amide bonds. The monoisotopic (exact) mass is 294 g/mol. The van der Waals surface area contributed by atoms with Crippen molar-refractivity contribution in [1.82, 2.24) is 0 Å². The minimum Gasteiger partial charge on any atom is -0.285 e. The summed E-state index contributed by atoms with van der Waals surface area (Å²) in [4.78, 5) is -0.827. The average Bonchev–Trinajstić information content (AvgIpc) is 2.40. The van der Waals surface area contributed by atoms with Crippen LogP contribution in [0.15, 0.2) is 60.7 Å². The molecular weight excluding hydrogens is 279 g/mol. The molecule has 0 fully saturated rings. The van der Waals surface area contributed by atoms with E-state index < -0.39 is 23.0 Å². The minimum atomic E-state index is -4.07. The maximum absolute atomic E-state index is 11.5. The normalized spacial score (nSPS) is 13.4. The van der Waals surface area contributed by atoms with E-state index in [2.05, 4.69) is 0 Å². The van der Waals surface area contributed by atoms with Crippen LogP contribution < -0.4 is 10.6 Å². The molecule has 5 heteroatoms. The van der Waals surface area contributed by atoms with Gasteiger partial charge in [0.25, 0.3) is 10.1 Å². The van der Waals surface area contributed by atoms with Crippen molar-refractivity contribution in [2.45, 2.75) is 11.9 Å². The summed E-state index contributed by atoms with van der Waals surface area (Å²) >= 11 is 0. The van der Waals surface area contributed by atoms with Gasteiger partial charge in [-0.05, 0) is 25.5 Å². The Bertz CT molecular complexity index is 587. The van der Waals surface area contributed by atoms with Crippen LogP contribution in [0.4, 0.5) is 0 Å².